The maximum Gasteiger partial charge on any atom is 0.412 e. The van der Waals surface area contributed by atoms with Crippen LogP contribution < -0.4 is 0 Å². The number of H-pyrrole nitrogens is 1. The molecule has 0 spiro atoms. The number of nitrogens with one attached hydrogen (secondary N) is 1. The Kier molecular flexibility index (Phi) is 1.96. The van der Waals surface area contributed by atoms with E-state index in [2.05, 4.69) is 9.97 Å². The summed E-state index contributed by atoms with van der Waals surface area (Å²) in [5, 5.41) is 0. The quantitative estimate of drug-likeness (QED) is 0.798. The lowest BCUT2D eigenvalue weighted by Gasteiger charge is -2.21. The summed E-state index contributed by atoms with van der Waals surface area (Å²) in [5.41, 5.74) is -0.822. The second-order valence-electron chi connectivity index (χ2n) is 4.19. The van der Waals surface area contributed by atoms with Crippen LogP contribution >= 0.6 is 12.2 Å². The second-order valence-corrected chi connectivity index (χ2v) is 4.57. The van der Waals surface area contributed by atoms with Gasteiger partial charge >= 0.3 is 6.18 Å². The van der Waals surface area contributed by atoms with Crippen LogP contribution in [0.2, 0.25) is 0 Å². The molecule has 3 rings (SSSR count). The Hall–Kier alpha value is -1.37. The van der Waals surface area contributed by atoms with E-state index in [9.17, 15) is 13.2 Å². The zero-order valence-electron chi connectivity index (χ0n) is 8.58. The van der Waals surface area contributed by atoms with Gasteiger partial charge in [0.25, 0.3) is 0 Å². The molecule has 0 aliphatic heterocycles. The first kappa shape index (κ1) is 10.8. The van der Waals surface area contributed by atoms with Crippen LogP contribution in [0.15, 0.2) is 18.5 Å². The lowest BCUT2D eigenvalue weighted by atomic mass is 10.2. The number of rotatable bonds is 1. The summed E-state index contributed by atoms with van der Waals surface area (Å²) in [7, 11) is 0. The third kappa shape index (κ3) is 1.35. The number of alkyl halides is 3. The highest BCUT2D eigenvalue weighted by Crippen LogP contribution is 2.56. The Bertz CT molecular complexity index is 636. The smallest absolute Gasteiger partial charge is 0.329 e. The summed E-state index contributed by atoms with van der Waals surface area (Å²) in [5.74, 6) is 0. The van der Waals surface area contributed by atoms with Crippen molar-refractivity contribution in [1.82, 2.24) is 14.5 Å². The molecule has 3 nitrogen and oxygen atoms in total. The molecule has 2 aromatic heterocycles. The first-order chi connectivity index (χ1) is 7.96. The average Bonchev–Trinajstić information content (AvgIpc) is 2.96. The van der Waals surface area contributed by atoms with Crippen molar-refractivity contribution in [1.29, 1.82) is 0 Å². The highest BCUT2D eigenvalue weighted by atomic mass is 32.1. The van der Waals surface area contributed by atoms with E-state index in [1.807, 2.05) is 0 Å². The van der Waals surface area contributed by atoms with Crippen molar-refractivity contribution in [3.05, 3.63) is 23.2 Å². The second kappa shape index (κ2) is 3.10. The number of nitrogens with zero attached hydrogens (tertiary/aromatic N) is 2. The third-order valence-electron chi connectivity index (χ3n) is 3.16. The maximum atomic E-state index is 13.1. The summed E-state index contributed by atoms with van der Waals surface area (Å²) in [6, 6.07) is 1.55. The zero-order valence-corrected chi connectivity index (χ0v) is 9.40. The molecule has 1 aliphatic carbocycles. The van der Waals surface area contributed by atoms with Gasteiger partial charge in [-0.25, -0.2) is 0 Å². The van der Waals surface area contributed by atoms with E-state index in [0.717, 1.165) is 0 Å². The molecule has 17 heavy (non-hydrogen) atoms. The minimum atomic E-state index is -4.27. The van der Waals surface area contributed by atoms with E-state index >= 15 is 0 Å². The van der Waals surface area contributed by atoms with E-state index in [4.69, 9.17) is 12.2 Å². The number of hydrogen-bond donors (Lipinski definition) is 1. The standard InChI is InChI=1S/C10H8F3N3S/c11-10(12,13)9(2-3-9)16-7-1-4-14-5-6(7)15-8(16)17/h1,4-5H,2-3H2,(H,15,17). The third-order valence-corrected chi connectivity index (χ3v) is 3.45. The van der Waals surface area contributed by atoms with Crippen molar-refractivity contribution in [2.45, 2.75) is 24.6 Å². The molecule has 0 radical (unpaired) electrons. The molecule has 0 amide bonds. The van der Waals surface area contributed by atoms with Crippen LogP contribution in [-0.4, -0.2) is 20.7 Å². The molecule has 0 bridgehead atoms. The molecule has 1 N–H and O–H groups in total. The molecule has 0 atom stereocenters. The summed E-state index contributed by atoms with van der Waals surface area (Å²) < 4.78 is 40.5. The Morgan fingerprint density at radius 2 is 2.12 bits per heavy atom. The van der Waals surface area contributed by atoms with Gasteiger partial charge in [-0.1, -0.05) is 0 Å². The van der Waals surface area contributed by atoms with Gasteiger partial charge < -0.3 is 9.55 Å². The van der Waals surface area contributed by atoms with Crippen LogP contribution in [0, 0.1) is 4.77 Å². The van der Waals surface area contributed by atoms with Gasteiger partial charge in [-0.15, -0.1) is 0 Å². The van der Waals surface area contributed by atoms with Crippen molar-refractivity contribution in [2.75, 3.05) is 0 Å². The topological polar surface area (TPSA) is 33.6 Å². The van der Waals surface area contributed by atoms with Crippen LogP contribution in [0.1, 0.15) is 12.8 Å². The predicted molar refractivity (Wildman–Crippen MR) is 58.2 cm³/mol. The minimum Gasteiger partial charge on any atom is -0.329 e. The van der Waals surface area contributed by atoms with Crippen LogP contribution in [0.5, 0.6) is 0 Å². The number of pyridine rings is 1. The highest BCUT2D eigenvalue weighted by molar-refractivity contribution is 7.71. The van der Waals surface area contributed by atoms with Gasteiger partial charge in [0, 0.05) is 6.20 Å². The van der Waals surface area contributed by atoms with Crippen LogP contribution in [-0.2, 0) is 5.54 Å². The lowest BCUT2D eigenvalue weighted by Crippen LogP contribution is -2.34. The largest absolute Gasteiger partial charge is 0.412 e. The molecule has 0 saturated heterocycles. The van der Waals surface area contributed by atoms with Crippen molar-refractivity contribution in [3.63, 3.8) is 0 Å². The van der Waals surface area contributed by atoms with Gasteiger partial charge in [-0.3, -0.25) is 4.98 Å². The minimum absolute atomic E-state index is 0.0834. The number of halogens is 3. The number of fused-ring (bicyclic) bond motifs is 1. The van der Waals surface area contributed by atoms with E-state index < -0.39 is 11.7 Å². The molecule has 1 aliphatic rings. The summed E-state index contributed by atoms with van der Waals surface area (Å²) >= 11 is 4.99. The van der Waals surface area contributed by atoms with E-state index in [0.29, 0.717) is 11.0 Å². The fraction of sp³-hybridized carbons (Fsp3) is 0.400. The molecule has 2 aromatic rings. The van der Waals surface area contributed by atoms with Crippen LogP contribution in [0.4, 0.5) is 13.2 Å². The SMILES string of the molecule is FC(F)(F)C1(n2c(=S)[nH]c3cnccc32)CC1. The number of hydrogen-bond acceptors (Lipinski definition) is 2. The van der Waals surface area contributed by atoms with E-state index in [1.165, 1.54) is 17.0 Å². The van der Waals surface area contributed by atoms with E-state index in [-0.39, 0.29) is 17.6 Å². The van der Waals surface area contributed by atoms with Gasteiger partial charge in [0.2, 0.25) is 0 Å². The number of aromatic nitrogens is 3. The van der Waals surface area contributed by atoms with E-state index in [1.54, 1.807) is 6.07 Å². The summed E-state index contributed by atoms with van der Waals surface area (Å²) in [4.78, 5) is 6.62. The van der Waals surface area contributed by atoms with Gasteiger partial charge in [0.1, 0.15) is 5.54 Å². The van der Waals surface area contributed by atoms with Gasteiger partial charge in [-0.05, 0) is 31.1 Å². The Morgan fingerprint density at radius 3 is 2.71 bits per heavy atom. The first-order valence-corrected chi connectivity index (χ1v) is 5.48. The van der Waals surface area contributed by atoms with Crippen molar-refractivity contribution in [3.8, 4) is 0 Å². The Balaban J connectivity index is 2.32. The average molecular weight is 259 g/mol. The summed E-state index contributed by atoms with van der Waals surface area (Å²) in [6.07, 6.45) is -1.16. The normalized spacial score (nSPS) is 18.5. The Labute approximate surface area is 99.3 Å². The van der Waals surface area contributed by atoms with Crippen LogP contribution in [0.3, 0.4) is 0 Å². The predicted octanol–water partition coefficient (Wildman–Crippen LogP) is 3.15. The van der Waals surface area contributed by atoms with Crippen LogP contribution in [0.25, 0.3) is 11.0 Å². The van der Waals surface area contributed by atoms with Gasteiger partial charge in [0.15, 0.2) is 4.77 Å². The molecule has 1 saturated carbocycles. The fourth-order valence-corrected chi connectivity index (χ4v) is 2.52. The molecule has 90 valence electrons. The van der Waals surface area contributed by atoms with Crippen molar-refractivity contribution in [2.24, 2.45) is 0 Å². The lowest BCUT2D eigenvalue weighted by molar-refractivity contribution is -0.179. The first-order valence-electron chi connectivity index (χ1n) is 5.08. The molecule has 2 heterocycles. The zero-order chi connectivity index (χ0) is 12.3. The summed E-state index contributed by atoms with van der Waals surface area (Å²) in [6.45, 7) is 0. The van der Waals surface area contributed by atoms with Crippen molar-refractivity contribution < 1.29 is 13.2 Å². The number of imidazole rings is 1. The molecule has 7 heteroatoms. The number of aromatic amines is 1. The highest BCUT2D eigenvalue weighted by Gasteiger charge is 2.65. The van der Waals surface area contributed by atoms with Gasteiger partial charge in [-0.2, -0.15) is 13.2 Å². The van der Waals surface area contributed by atoms with Crippen molar-refractivity contribution >= 4 is 23.3 Å². The molecule has 1 fully saturated rings. The molecule has 0 unspecified atom stereocenters. The molecular weight excluding hydrogens is 251 g/mol. The van der Waals surface area contributed by atoms with Gasteiger partial charge in [0.05, 0.1) is 17.2 Å². The Morgan fingerprint density at radius 1 is 1.41 bits per heavy atom. The maximum absolute atomic E-state index is 13.1. The fourth-order valence-electron chi connectivity index (χ4n) is 2.14. The monoisotopic (exact) mass is 259 g/mol. The molecular formula is C10H8F3N3S. The molecule has 0 aromatic carbocycles.